The lowest BCUT2D eigenvalue weighted by atomic mass is 9.84. The molecular formula is C32H29F8NO4S. The number of benzene rings is 3. The molecule has 14 heteroatoms. The Labute approximate surface area is 259 Å². The van der Waals surface area contributed by atoms with Crippen molar-refractivity contribution < 1.29 is 53.4 Å². The van der Waals surface area contributed by atoms with E-state index in [2.05, 4.69) is 0 Å². The molecule has 0 unspecified atom stereocenters. The van der Waals surface area contributed by atoms with Gasteiger partial charge in [0.1, 0.15) is 17.4 Å². The number of carbonyl (C=O) groups excluding carboxylic acids is 1. The van der Waals surface area contributed by atoms with Crippen molar-refractivity contribution in [3.05, 3.63) is 95.1 Å². The van der Waals surface area contributed by atoms with Gasteiger partial charge in [-0.05, 0) is 91.1 Å². The summed E-state index contributed by atoms with van der Waals surface area (Å²) in [5.74, 6) is -1.56. The molecule has 1 heterocycles. The topological polar surface area (TPSA) is 74.7 Å². The van der Waals surface area contributed by atoms with Crippen molar-refractivity contribution in [2.75, 3.05) is 4.31 Å². The van der Waals surface area contributed by atoms with Crippen molar-refractivity contribution in [1.29, 1.82) is 0 Å². The number of hydrogen-bond donors (Lipinski definition) is 1. The first kappa shape index (κ1) is 33.8. The number of ketones is 1. The molecule has 0 bridgehead atoms. The third kappa shape index (κ3) is 6.25. The highest BCUT2D eigenvalue weighted by atomic mass is 32.2. The van der Waals surface area contributed by atoms with E-state index >= 15 is 0 Å². The summed E-state index contributed by atoms with van der Waals surface area (Å²) in [6, 6.07) is 10.2. The van der Waals surface area contributed by atoms with Crippen LogP contribution in [0.4, 0.5) is 40.8 Å². The van der Waals surface area contributed by atoms with Gasteiger partial charge < -0.3 is 5.11 Å². The maximum atomic E-state index is 13.9. The van der Waals surface area contributed by atoms with Crippen LogP contribution < -0.4 is 4.31 Å². The Morgan fingerprint density at radius 3 is 1.98 bits per heavy atom. The second kappa shape index (κ2) is 12.3. The van der Waals surface area contributed by atoms with E-state index in [4.69, 9.17) is 0 Å². The fraction of sp³-hybridized carbons (Fsp3) is 0.406. The van der Waals surface area contributed by atoms with E-state index in [9.17, 15) is 53.4 Å². The average molecular weight is 676 g/mol. The van der Waals surface area contributed by atoms with Gasteiger partial charge in [0, 0.05) is 18.4 Å². The van der Waals surface area contributed by atoms with Crippen LogP contribution in [0.1, 0.15) is 61.1 Å². The van der Waals surface area contributed by atoms with E-state index in [1.165, 1.54) is 12.1 Å². The van der Waals surface area contributed by atoms with Gasteiger partial charge in [0.15, 0.2) is 0 Å². The van der Waals surface area contributed by atoms with Crippen molar-refractivity contribution in [3.8, 4) is 0 Å². The van der Waals surface area contributed by atoms with E-state index < -0.39 is 56.1 Å². The first-order valence-corrected chi connectivity index (χ1v) is 15.9. The lowest BCUT2D eigenvalue weighted by Crippen LogP contribution is -2.54. The van der Waals surface area contributed by atoms with E-state index in [0.717, 1.165) is 53.0 Å². The van der Waals surface area contributed by atoms with Crippen LogP contribution >= 0.6 is 0 Å². The van der Waals surface area contributed by atoms with Gasteiger partial charge in [-0.3, -0.25) is 9.10 Å². The number of nitrogens with zero attached hydrogens (tertiary/aromatic N) is 1. The number of rotatable bonds is 8. The summed E-state index contributed by atoms with van der Waals surface area (Å²) in [4.78, 5) is 13.1. The van der Waals surface area contributed by atoms with Crippen molar-refractivity contribution in [1.82, 2.24) is 0 Å². The zero-order valence-corrected chi connectivity index (χ0v) is 24.9. The normalized spacial score (nSPS) is 20.9. The summed E-state index contributed by atoms with van der Waals surface area (Å²) in [6.07, 6.45) is -10.5. The number of halogens is 8. The third-order valence-corrected chi connectivity index (χ3v) is 10.8. The lowest BCUT2D eigenvalue weighted by Gasteiger charge is -2.39. The summed E-state index contributed by atoms with van der Waals surface area (Å²) in [7, 11) is -4.61. The number of fused-ring (bicyclic) bond motifs is 1. The Bertz CT molecular complexity index is 1670. The maximum Gasteiger partial charge on any atom is 0.430 e. The van der Waals surface area contributed by atoms with Gasteiger partial charge in [-0.25, -0.2) is 17.2 Å². The highest BCUT2D eigenvalue weighted by Crippen LogP contribution is 2.51. The van der Waals surface area contributed by atoms with Crippen LogP contribution in [0.3, 0.4) is 0 Å². The van der Waals surface area contributed by atoms with Gasteiger partial charge in [-0.15, -0.1) is 0 Å². The quantitative estimate of drug-likeness (QED) is 0.248. The molecule has 1 aliphatic carbocycles. The van der Waals surface area contributed by atoms with Crippen molar-refractivity contribution in [3.63, 3.8) is 0 Å². The van der Waals surface area contributed by atoms with E-state index in [1.807, 2.05) is 0 Å². The molecule has 1 aliphatic heterocycles. The summed E-state index contributed by atoms with van der Waals surface area (Å²) in [6.45, 7) is 0. The van der Waals surface area contributed by atoms with Crippen LogP contribution in [0.25, 0.3) is 0 Å². The van der Waals surface area contributed by atoms with Crippen LogP contribution in [0.15, 0.2) is 71.6 Å². The number of anilines is 1. The second-order valence-electron chi connectivity index (χ2n) is 11.8. The fourth-order valence-corrected chi connectivity index (χ4v) is 8.37. The Kier molecular flexibility index (Phi) is 9.01. The number of aliphatic hydroxyl groups is 1. The van der Waals surface area contributed by atoms with Gasteiger partial charge in [-0.1, -0.05) is 30.7 Å². The number of hydrogen-bond acceptors (Lipinski definition) is 4. The van der Waals surface area contributed by atoms with Crippen molar-refractivity contribution >= 4 is 21.5 Å². The zero-order valence-electron chi connectivity index (χ0n) is 24.1. The van der Waals surface area contributed by atoms with Gasteiger partial charge in [0.05, 0.1) is 16.6 Å². The number of aryl methyl sites for hydroxylation is 1. The summed E-state index contributed by atoms with van der Waals surface area (Å²) in [5, 5.41) is 9.93. The highest BCUT2D eigenvalue weighted by molar-refractivity contribution is 7.92. The molecule has 3 aromatic rings. The minimum Gasteiger partial charge on any atom is -0.369 e. The SMILES string of the molecule is O=C(C[C@H]1CCC[C@H]1c1ccc(F)cc1)C[C@@H]1CCc2cc(C(O)(C(F)(F)F)C(F)(F)F)ccc2N1S(=O)(=O)c1ccc(F)cc1. The van der Waals surface area contributed by atoms with E-state index in [0.29, 0.717) is 18.6 Å². The van der Waals surface area contributed by atoms with E-state index in [1.54, 1.807) is 12.1 Å². The molecule has 46 heavy (non-hydrogen) atoms. The summed E-state index contributed by atoms with van der Waals surface area (Å²) >= 11 is 0. The van der Waals surface area contributed by atoms with Gasteiger partial charge in [0.2, 0.25) is 0 Å². The summed E-state index contributed by atoms with van der Waals surface area (Å²) in [5.41, 5.74) is -6.35. The Morgan fingerprint density at radius 2 is 1.39 bits per heavy atom. The van der Waals surface area contributed by atoms with E-state index in [-0.39, 0.29) is 54.6 Å². The molecule has 0 aromatic heterocycles. The third-order valence-electron chi connectivity index (χ3n) is 8.91. The highest BCUT2D eigenvalue weighted by Gasteiger charge is 2.71. The molecule has 2 aliphatic rings. The fourth-order valence-electron chi connectivity index (χ4n) is 6.65. The minimum atomic E-state index is -6.14. The number of carbonyl (C=O) groups is 1. The van der Waals surface area contributed by atoms with Crippen LogP contribution in [0.2, 0.25) is 0 Å². The molecule has 0 spiro atoms. The Hall–Kier alpha value is -3.52. The molecule has 0 radical (unpaired) electrons. The first-order chi connectivity index (χ1) is 21.4. The summed E-state index contributed by atoms with van der Waals surface area (Å²) < 4.78 is 137. The van der Waals surface area contributed by atoms with Crippen molar-refractivity contribution in [2.45, 2.75) is 79.8 Å². The van der Waals surface area contributed by atoms with Crippen LogP contribution in [0.5, 0.6) is 0 Å². The predicted octanol–water partition coefficient (Wildman–Crippen LogP) is 7.72. The smallest absolute Gasteiger partial charge is 0.369 e. The maximum absolute atomic E-state index is 13.9. The Morgan fingerprint density at radius 1 is 0.804 bits per heavy atom. The average Bonchev–Trinajstić information content (AvgIpc) is 3.43. The molecular weight excluding hydrogens is 646 g/mol. The number of alkyl halides is 6. The molecule has 248 valence electrons. The molecule has 1 saturated carbocycles. The number of sulfonamides is 1. The molecule has 0 saturated heterocycles. The van der Waals surface area contributed by atoms with Gasteiger partial charge in [-0.2, -0.15) is 26.3 Å². The second-order valence-corrected chi connectivity index (χ2v) is 13.6. The molecule has 0 amide bonds. The Balaban J connectivity index is 1.49. The molecule has 5 nitrogen and oxygen atoms in total. The molecule has 1 N–H and O–H groups in total. The monoisotopic (exact) mass is 675 g/mol. The van der Waals surface area contributed by atoms with Crippen LogP contribution in [-0.2, 0) is 26.8 Å². The van der Waals surface area contributed by atoms with Crippen LogP contribution in [-0.4, -0.2) is 37.7 Å². The minimum absolute atomic E-state index is 0.0184. The number of Topliss-reactive ketones (excluding diaryl/α,β-unsaturated/α-hetero) is 1. The van der Waals surface area contributed by atoms with Gasteiger partial charge >= 0.3 is 12.4 Å². The first-order valence-electron chi connectivity index (χ1n) is 14.5. The van der Waals surface area contributed by atoms with Gasteiger partial charge in [0.25, 0.3) is 15.6 Å². The molecule has 1 fully saturated rings. The largest absolute Gasteiger partial charge is 0.430 e. The molecule has 5 rings (SSSR count). The molecule has 3 atom stereocenters. The standard InChI is InChI=1S/C32H29F8NO4S/c33-23-8-4-19(5-9-23)28-3-1-2-20(28)17-26(42)18-25-12-6-21-16-22(30(43,31(35,36)37)32(38,39)40)7-15-29(21)41(25)46(44,45)27-13-10-24(34)11-14-27/h4-5,7-11,13-16,20,25,28,43H,1-3,6,12,17-18H2/t20-,25+,28+/m1/s1. The molecule has 3 aromatic carbocycles. The zero-order chi connectivity index (χ0) is 33.7. The predicted molar refractivity (Wildman–Crippen MR) is 151 cm³/mol. The lowest BCUT2D eigenvalue weighted by molar-refractivity contribution is -0.376. The van der Waals surface area contributed by atoms with Crippen molar-refractivity contribution in [2.24, 2.45) is 5.92 Å². The van der Waals surface area contributed by atoms with Crippen LogP contribution in [0, 0.1) is 17.6 Å².